The predicted octanol–water partition coefficient (Wildman–Crippen LogP) is 3.47. The molecule has 2 aliphatic carbocycles. The molecule has 0 aliphatic heterocycles. The average Bonchev–Trinajstić information content (AvgIpc) is 3.05. The number of Topliss-reactive ketones (excluding diaryl/α,β-unsaturated/α-hetero) is 1. The zero-order valence-electron chi connectivity index (χ0n) is 9.18. The summed E-state index contributed by atoms with van der Waals surface area (Å²) in [5.41, 5.74) is 2.43. The molecule has 2 aliphatic rings. The van der Waals surface area contributed by atoms with Gasteiger partial charge in [0, 0.05) is 12.0 Å². The number of ether oxygens (including phenoxy) is 1. The van der Waals surface area contributed by atoms with Gasteiger partial charge in [0.05, 0.1) is 11.6 Å². The molecule has 0 amide bonds. The van der Waals surface area contributed by atoms with E-state index in [4.69, 9.17) is 4.74 Å². The summed E-state index contributed by atoms with van der Waals surface area (Å²) in [5, 5.41) is 0. The standard InChI is InChI=1S/C13H13BrO2/c1-16-12-6-8-9(7-10(12)14)13(4-5-13)3-2-11(8)15/h6-7H,2-5H2,1H3. The van der Waals surface area contributed by atoms with Crippen LogP contribution in [0.2, 0.25) is 0 Å². The lowest BCUT2D eigenvalue weighted by molar-refractivity contribution is 0.0964. The summed E-state index contributed by atoms with van der Waals surface area (Å²) in [5.74, 6) is 1.02. The van der Waals surface area contributed by atoms with E-state index in [0.29, 0.717) is 11.8 Å². The first-order valence-electron chi connectivity index (χ1n) is 5.57. The predicted molar refractivity (Wildman–Crippen MR) is 65.2 cm³/mol. The van der Waals surface area contributed by atoms with Crippen LogP contribution >= 0.6 is 15.9 Å². The fourth-order valence-electron chi connectivity index (χ4n) is 2.67. The molecule has 1 aromatic rings. The molecule has 0 heterocycles. The Labute approximate surface area is 103 Å². The Bertz CT molecular complexity index is 475. The molecule has 16 heavy (non-hydrogen) atoms. The first-order chi connectivity index (χ1) is 7.66. The topological polar surface area (TPSA) is 26.3 Å². The van der Waals surface area contributed by atoms with Crippen molar-refractivity contribution in [1.29, 1.82) is 0 Å². The molecule has 0 unspecified atom stereocenters. The van der Waals surface area contributed by atoms with Crippen LogP contribution in [-0.2, 0) is 5.41 Å². The van der Waals surface area contributed by atoms with Gasteiger partial charge in [-0.05, 0) is 58.3 Å². The van der Waals surface area contributed by atoms with E-state index in [2.05, 4.69) is 22.0 Å². The van der Waals surface area contributed by atoms with Crippen molar-refractivity contribution < 1.29 is 9.53 Å². The molecule has 0 N–H and O–H groups in total. The van der Waals surface area contributed by atoms with E-state index in [1.54, 1.807) is 7.11 Å². The summed E-state index contributed by atoms with van der Waals surface area (Å²) in [6.45, 7) is 0. The molecule has 0 radical (unpaired) electrons. The minimum atomic E-state index is 0.262. The molecule has 0 bridgehead atoms. The molecule has 1 spiro atoms. The molecule has 0 aromatic heterocycles. The molecule has 0 atom stereocenters. The number of benzene rings is 1. The molecule has 2 nitrogen and oxygen atoms in total. The number of ketones is 1. The van der Waals surface area contributed by atoms with Gasteiger partial charge < -0.3 is 4.74 Å². The van der Waals surface area contributed by atoms with Crippen LogP contribution in [-0.4, -0.2) is 12.9 Å². The number of hydrogen-bond acceptors (Lipinski definition) is 2. The van der Waals surface area contributed by atoms with E-state index < -0.39 is 0 Å². The Kier molecular flexibility index (Phi) is 2.15. The van der Waals surface area contributed by atoms with Crippen molar-refractivity contribution >= 4 is 21.7 Å². The molecule has 0 saturated heterocycles. The van der Waals surface area contributed by atoms with Crippen LogP contribution in [0.1, 0.15) is 41.6 Å². The molecule has 1 fully saturated rings. The number of hydrogen-bond donors (Lipinski definition) is 0. The van der Waals surface area contributed by atoms with Crippen LogP contribution in [0.25, 0.3) is 0 Å². The fourth-order valence-corrected chi connectivity index (χ4v) is 3.18. The van der Waals surface area contributed by atoms with Crippen LogP contribution < -0.4 is 4.74 Å². The lowest BCUT2D eigenvalue weighted by atomic mass is 9.79. The van der Waals surface area contributed by atoms with E-state index in [1.807, 2.05) is 6.07 Å². The molecule has 84 valence electrons. The van der Waals surface area contributed by atoms with Crippen molar-refractivity contribution in [1.82, 2.24) is 0 Å². The van der Waals surface area contributed by atoms with Gasteiger partial charge in [-0.3, -0.25) is 4.79 Å². The molecular formula is C13H13BrO2. The van der Waals surface area contributed by atoms with Gasteiger partial charge in [0.25, 0.3) is 0 Å². The number of fused-ring (bicyclic) bond motifs is 2. The highest BCUT2D eigenvalue weighted by Gasteiger charge is 2.48. The summed E-state index contributed by atoms with van der Waals surface area (Å²) in [4.78, 5) is 11.9. The molecular weight excluding hydrogens is 268 g/mol. The highest BCUT2D eigenvalue weighted by molar-refractivity contribution is 9.10. The molecule has 3 heteroatoms. The van der Waals surface area contributed by atoms with Gasteiger partial charge in [0.1, 0.15) is 5.75 Å². The third-order valence-corrected chi connectivity index (χ3v) is 4.47. The Morgan fingerprint density at radius 2 is 2.06 bits per heavy atom. The van der Waals surface area contributed by atoms with E-state index >= 15 is 0 Å². The zero-order chi connectivity index (χ0) is 11.3. The Morgan fingerprint density at radius 1 is 1.31 bits per heavy atom. The fraction of sp³-hybridized carbons (Fsp3) is 0.462. The highest BCUT2D eigenvalue weighted by atomic mass is 79.9. The van der Waals surface area contributed by atoms with Crippen LogP contribution in [0.4, 0.5) is 0 Å². The van der Waals surface area contributed by atoms with Gasteiger partial charge in [-0.1, -0.05) is 0 Å². The van der Waals surface area contributed by atoms with Crippen LogP contribution in [0.5, 0.6) is 5.75 Å². The number of rotatable bonds is 1. The summed E-state index contributed by atoms with van der Waals surface area (Å²) in [7, 11) is 1.63. The van der Waals surface area contributed by atoms with E-state index in [1.165, 1.54) is 18.4 Å². The van der Waals surface area contributed by atoms with Gasteiger partial charge in [-0.2, -0.15) is 0 Å². The summed E-state index contributed by atoms with van der Waals surface area (Å²) < 4.78 is 6.20. The lowest BCUT2D eigenvalue weighted by Crippen LogP contribution is -2.21. The SMILES string of the molecule is COc1cc2c(cc1Br)C1(CCC2=O)CC1. The Hall–Kier alpha value is -0.830. The van der Waals surface area contributed by atoms with Crippen molar-refractivity contribution in [2.75, 3.05) is 7.11 Å². The number of methoxy groups -OCH3 is 1. The van der Waals surface area contributed by atoms with E-state index in [9.17, 15) is 4.79 Å². The quantitative estimate of drug-likeness (QED) is 0.788. The second kappa shape index (κ2) is 3.33. The highest BCUT2D eigenvalue weighted by Crippen LogP contribution is 2.56. The summed E-state index contributed by atoms with van der Waals surface area (Å²) in [6, 6.07) is 3.97. The van der Waals surface area contributed by atoms with Crippen LogP contribution in [0.3, 0.4) is 0 Å². The van der Waals surface area contributed by atoms with E-state index in [0.717, 1.165) is 22.2 Å². The van der Waals surface area contributed by atoms with Gasteiger partial charge in [-0.25, -0.2) is 0 Å². The van der Waals surface area contributed by atoms with Gasteiger partial charge >= 0.3 is 0 Å². The molecule has 1 aromatic carbocycles. The third-order valence-electron chi connectivity index (χ3n) is 3.85. The zero-order valence-corrected chi connectivity index (χ0v) is 10.8. The number of halogens is 1. The summed E-state index contributed by atoms with van der Waals surface area (Å²) in [6.07, 6.45) is 4.17. The van der Waals surface area contributed by atoms with Gasteiger partial charge in [0.15, 0.2) is 5.78 Å². The first kappa shape index (κ1) is 10.3. The minimum absolute atomic E-state index is 0.262. The lowest BCUT2D eigenvalue weighted by Gasteiger charge is -2.25. The maximum atomic E-state index is 11.9. The van der Waals surface area contributed by atoms with Crippen molar-refractivity contribution in [2.24, 2.45) is 0 Å². The largest absolute Gasteiger partial charge is 0.496 e. The normalized spacial score (nSPS) is 20.8. The van der Waals surface area contributed by atoms with Crippen LogP contribution in [0, 0.1) is 0 Å². The first-order valence-corrected chi connectivity index (χ1v) is 6.37. The smallest absolute Gasteiger partial charge is 0.163 e. The second-order valence-electron chi connectivity index (χ2n) is 4.74. The maximum absolute atomic E-state index is 11.9. The molecule has 3 rings (SSSR count). The van der Waals surface area contributed by atoms with Crippen LogP contribution in [0.15, 0.2) is 16.6 Å². The third kappa shape index (κ3) is 1.34. The average molecular weight is 281 g/mol. The van der Waals surface area contributed by atoms with Crippen molar-refractivity contribution in [3.63, 3.8) is 0 Å². The molecule has 1 saturated carbocycles. The monoisotopic (exact) mass is 280 g/mol. The van der Waals surface area contributed by atoms with Crippen molar-refractivity contribution in [3.8, 4) is 5.75 Å². The summed E-state index contributed by atoms with van der Waals surface area (Å²) >= 11 is 3.50. The van der Waals surface area contributed by atoms with Gasteiger partial charge in [-0.15, -0.1) is 0 Å². The minimum Gasteiger partial charge on any atom is -0.496 e. The second-order valence-corrected chi connectivity index (χ2v) is 5.59. The van der Waals surface area contributed by atoms with Crippen molar-refractivity contribution in [2.45, 2.75) is 31.1 Å². The van der Waals surface area contributed by atoms with E-state index in [-0.39, 0.29) is 5.78 Å². The number of carbonyl (C=O) groups excluding carboxylic acids is 1. The number of carbonyl (C=O) groups is 1. The Balaban J connectivity index is 2.20. The Morgan fingerprint density at radius 3 is 2.69 bits per heavy atom. The maximum Gasteiger partial charge on any atom is 0.163 e. The van der Waals surface area contributed by atoms with Gasteiger partial charge in [0.2, 0.25) is 0 Å². The van der Waals surface area contributed by atoms with Crippen molar-refractivity contribution in [3.05, 3.63) is 27.7 Å².